The molecule has 0 radical (unpaired) electrons. The summed E-state index contributed by atoms with van der Waals surface area (Å²) >= 11 is 0. The second-order valence-electron chi connectivity index (χ2n) is 4.99. The summed E-state index contributed by atoms with van der Waals surface area (Å²) in [7, 11) is 1.68. The Bertz CT molecular complexity index is 396. The zero-order valence-electron chi connectivity index (χ0n) is 13.8. The van der Waals surface area contributed by atoms with E-state index in [0.717, 1.165) is 44.1 Å². The molecule has 0 aliphatic rings. The molecule has 0 aromatic heterocycles. The molecule has 1 aromatic rings. The number of hydrogen-bond donors (Lipinski definition) is 1. The fourth-order valence-electron chi connectivity index (χ4n) is 2.04. The van der Waals surface area contributed by atoms with Crippen molar-refractivity contribution in [3.8, 4) is 11.5 Å². The van der Waals surface area contributed by atoms with Crippen molar-refractivity contribution < 1.29 is 14.2 Å². The van der Waals surface area contributed by atoms with E-state index in [-0.39, 0.29) is 0 Å². The second-order valence-corrected chi connectivity index (χ2v) is 4.99. The van der Waals surface area contributed by atoms with Crippen molar-refractivity contribution in [3.05, 3.63) is 23.8 Å². The minimum atomic E-state index is 0.311. The number of hydrogen-bond acceptors (Lipinski definition) is 4. The predicted octanol–water partition coefficient (Wildman–Crippen LogP) is 3.56. The molecule has 0 amide bonds. The number of ether oxygens (including phenoxy) is 3. The largest absolute Gasteiger partial charge is 0.493 e. The minimum absolute atomic E-state index is 0.311. The molecule has 1 aromatic carbocycles. The maximum absolute atomic E-state index is 5.77. The van der Waals surface area contributed by atoms with Gasteiger partial charge in [-0.1, -0.05) is 13.0 Å². The molecule has 0 heterocycles. The lowest BCUT2D eigenvalue weighted by molar-refractivity contribution is 0.130. The van der Waals surface area contributed by atoms with Crippen LogP contribution in [-0.2, 0) is 4.74 Å². The van der Waals surface area contributed by atoms with Crippen molar-refractivity contribution in [1.82, 2.24) is 5.32 Å². The maximum atomic E-state index is 5.77. The van der Waals surface area contributed by atoms with Gasteiger partial charge in [-0.25, -0.2) is 0 Å². The molecule has 1 atom stereocenters. The molecular weight excluding hydrogens is 266 g/mol. The van der Waals surface area contributed by atoms with Crippen LogP contribution in [0.1, 0.15) is 45.2 Å². The highest BCUT2D eigenvalue weighted by atomic mass is 16.5. The normalized spacial score (nSPS) is 12.2. The molecular formula is C17H29NO3. The zero-order chi connectivity index (χ0) is 15.5. The van der Waals surface area contributed by atoms with E-state index >= 15 is 0 Å². The van der Waals surface area contributed by atoms with E-state index in [0.29, 0.717) is 12.6 Å². The van der Waals surface area contributed by atoms with Crippen molar-refractivity contribution in [3.63, 3.8) is 0 Å². The first-order chi connectivity index (χ1) is 10.2. The highest BCUT2D eigenvalue weighted by Gasteiger charge is 2.10. The fourth-order valence-corrected chi connectivity index (χ4v) is 2.04. The Balaban J connectivity index is 2.57. The molecule has 4 nitrogen and oxygen atoms in total. The first-order valence-corrected chi connectivity index (χ1v) is 7.84. The number of nitrogens with one attached hydrogen (secondary N) is 1. The molecule has 21 heavy (non-hydrogen) atoms. The van der Waals surface area contributed by atoms with Gasteiger partial charge in [-0.3, -0.25) is 0 Å². The SMILES string of the molecule is CCCNC(C)c1ccc(OCCCOCC)c(OC)c1. The van der Waals surface area contributed by atoms with E-state index in [9.17, 15) is 0 Å². The Morgan fingerprint density at radius 2 is 1.95 bits per heavy atom. The number of methoxy groups -OCH3 is 1. The second kappa shape index (κ2) is 10.5. The third kappa shape index (κ3) is 6.36. The quantitative estimate of drug-likeness (QED) is 0.634. The summed E-state index contributed by atoms with van der Waals surface area (Å²) < 4.78 is 16.5. The summed E-state index contributed by atoms with van der Waals surface area (Å²) in [5.74, 6) is 1.58. The molecule has 0 spiro atoms. The van der Waals surface area contributed by atoms with Gasteiger partial charge < -0.3 is 19.5 Å². The summed E-state index contributed by atoms with van der Waals surface area (Å²) in [6, 6.07) is 6.43. The van der Waals surface area contributed by atoms with E-state index in [2.05, 4.69) is 25.2 Å². The van der Waals surface area contributed by atoms with Gasteiger partial charge in [0.15, 0.2) is 11.5 Å². The molecule has 0 saturated heterocycles. The van der Waals surface area contributed by atoms with Gasteiger partial charge in [0.2, 0.25) is 0 Å². The molecule has 0 fully saturated rings. The molecule has 120 valence electrons. The monoisotopic (exact) mass is 295 g/mol. The van der Waals surface area contributed by atoms with Crippen LogP contribution >= 0.6 is 0 Å². The van der Waals surface area contributed by atoms with E-state index in [4.69, 9.17) is 14.2 Å². The smallest absolute Gasteiger partial charge is 0.161 e. The van der Waals surface area contributed by atoms with Crippen LogP contribution in [0.2, 0.25) is 0 Å². The van der Waals surface area contributed by atoms with Gasteiger partial charge in [-0.15, -0.1) is 0 Å². The van der Waals surface area contributed by atoms with Crippen molar-refractivity contribution in [2.45, 2.75) is 39.7 Å². The van der Waals surface area contributed by atoms with Gasteiger partial charge >= 0.3 is 0 Å². The molecule has 4 heteroatoms. The molecule has 0 bridgehead atoms. The van der Waals surface area contributed by atoms with Crippen molar-refractivity contribution >= 4 is 0 Å². The Morgan fingerprint density at radius 3 is 2.62 bits per heavy atom. The van der Waals surface area contributed by atoms with Gasteiger partial charge in [0.05, 0.1) is 13.7 Å². The number of benzene rings is 1. The van der Waals surface area contributed by atoms with Crippen LogP contribution in [0, 0.1) is 0 Å². The lowest BCUT2D eigenvalue weighted by Gasteiger charge is -2.17. The summed E-state index contributed by atoms with van der Waals surface area (Å²) in [5.41, 5.74) is 1.21. The van der Waals surface area contributed by atoms with Gasteiger partial charge in [0, 0.05) is 25.7 Å². The molecule has 0 aliphatic heterocycles. The maximum Gasteiger partial charge on any atom is 0.161 e. The standard InChI is InChI=1S/C17H29NO3/c1-5-10-18-14(3)15-8-9-16(17(13-15)19-4)21-12-7-11-20-6-2/h8-9,13-14,18H,5-7,10-12H2,1-4H3. The highest BCUT2D eigenvalue weighted by Crippen LogP contribution is 2.30. The Kier molecular flexibility index (Phi) is 8.87. The zero-order valence-corrected chi connectivity index (χ0v) is 13.8. The minimum Gasteiger partial charge on any atom is -0.493 e. The Hall–Kier alpha value is -1.26. The van der Waals surface area contributed by atoms with Crippen molar-refractivity contribution in [2.24, 2.45) is 0 Å². The first kappa shape index (κ1) is 17.8. The molecule has 1 unspecified atom stereocenters. The molecule has 1 N–H and O–H groups in total. The van der Waals surface area contributed by atoms with E-state index in [1.54, 1.807) is 7.11 Å². The van der Waals surface area contributed by atoms with Crippen molar-refractivity contribution in [1.29, 1.82) is 0 Å². The van der Waals surface area contributed by atoms with Crippen LogP contribution in [0.4, 0.5) is 0 Å². The number of rotatable bonds is 11. The van der Waals surface area contributed by atoms with Gasteiger partial charge in [0.25, 0.3) is 0 Å². The van der Waals surface area contributed by atoms with Crippen LogP contribution < -0.4 is 14.8 Å². The Morgan fingerprint density at radius 1 is 1.14 bits per heavy atom. The lowest BCUT2D eigenvalue weighted by Crippen LogP contribution is -2.19. The van der Waals surface area contributed by atoms with Gasteiger partial charge in [-0.05, 0) is 44.5 Å². The topological polar surface area (TPSA) is 39.7 Å². The highest BCUT2D eigenvalue weighted by molar-refractivity contribution is 5.43. The van der Waals surface area contributed by atoms with Crippen LogP contribution in [0.3, 0.4) is 0 Å². The summed E-state index contributed by atoms with van der Waals surface area (Å²) in [4.78, 5) is 0. The third-order valence-corrected chi connectivity index (χ3v) is 3.28. The molecule has 0 aliphatic carbocycles. The first-order valence-electron chi connectivity index (χ1n) is 7.84. The molecule has 1 rings (SSSR count). The average molecular weight is 295 g/mol. The summed E-state index contributed by atoms with van der Waals surface area (Å²) in [6.45, 7) is 9.46. The van der Waals surface area contributed by atoms with Crippen molar-refractivity contribution in [2.75, 3.05) is 33.5 Å². The van der Waals surface area contributed by atoms with Crippen LogP contribution in [-0.4, -0.2) is 33.5 Å². The fraction of sp³-hybridized carbons (Fsp3) is 0.647. The van der Waals surface area contributed by atoms with Crippen LogP contribution in [0.25, 0.3) is 0 Å². The Labute approximate surface area is 128 Å². The van der Waals surface area contributed by atoms with Gasteiger partial charge in [0.1, 0.15) is 0 Å². The summed E-state index contributed by atoms with van der Waals surface area (Å²) in [5, 5.41) is 3.47. The van der Waals surface area contributed by atoms with E-state index in [1.807, 2.05) is 19.1 Å². The van der Waals surface area contributed by atoms with Gasteiger partial charge in [-0.2, -0.15) is 0 Å². The molecule has 0 saturated carbocycles. The average Bonchev–Trinajstić information content (AvgIpc) is 2.52. The lowest BCUT2D eigenvalue weighted by atomic mass is 10.1. The van der Waals surface area contributed by atoms with E-state index < -0.39 is 0 Å². The summed E-state index contributed by atoms with van der Waals surface area (Å²) in [6.07, 6.45) is 2.01. The van der Waals surface area contributed by atoms with E-state index in [1.165, 1.54) is 5.56 Å². The van der Waals surface area contributed by atoms with Crippen LogP contribution in [0.5, 0.6) is 11.5 Å². The third-order valence-electron chi connectivity index (χ3n) is 3.28. The predicted molar refractivity (Wildman–Crippen MR) is 86.3 cm³/mol. The van der Waals surface area contributed by atoms with Crippen LogP contribution in [0.15, 0.2) is 18.2 Å².